The second-order valence-corrected chi connectivity index (χ2v) is 7.48. The second kappa shape index (κ2) is 8.91. The summed E-state index contributed by atoms with van der Waals surface area (Å²) in [5.41, 5.74) is 1.15. The number of rotatable bonds is 7. The number of fused-ring (bicyclic) bond motifs is 1. The van der Waals surface area contributed by atoms with Crippen molar-refractivity contribution in [3.05, 3.63) is 53.2 Å². The van der Waals surface area contributed by atoms with E-state index >= 15 is 0 Å². The third-order valence-corrected chi connectivity index (χ3v) is 5.26. The van der Waals surface area contributed by atoms with Gasteiger partial charge in [0, 0.05) is 24.8 Å². The molecule has 1 aromatic carbocycles. The topological polar surface area (TPSA) is 90.7 Å². The molecule has 0 aliphatic carbocycles. The highest BCUT2D eigenvalue weighted by Gasteiger charge is 2.15. The van der Waals surface area contributed by atoms with Crippen molar-refractivity contribution in [1.29, 1.82) is 0 Å². The Hall–Kier alpha value is -3.13. The number of oxazole rings is 1. The van der Waals surface area contributed by atoms with E-state index in [1.807, 2.05) is 17.5 Å². The van der Waals surface area contributed by atoms with Crippen molar-refractivity contribution in [2.24, 2.45) is 0 Å². The number of nitrogens with zero attached hydrogens (tertiary/aromatic N) is 1. The molecule has 0 fully saturated rings. The highest BCUT2D eigenvalue weighted by atomic mass is 32.1. The summed E-state index contributed by atoms with van der Waals surface area (Å²) in [6.45, 7) is 1.41. The van der Waals surface area contributed by atoms with Gasteiger partial charge in [0.1, 0.15) is 6.26 Å². The molecule has 2 aromatic heterocycles. The van der Waals surface area contributed by atoms with Gasteiger partial charge in [0.15, 0.2) is 17.3 Å². The molecule has 0 atom stereocenters. The summed E-state index contributed by atoms with van der Waals surface area (Å²) in [5, 5.41) is 4.71. The van der Waals surface area contributed by atoms with Crippen molar-refractivity contribution in [2.75, 3.05) is 13.2 Å². The summed E-state index contributed by atoms with van der Waals surface area (Å²) in [7, 11) is 0. The molecule has 7 nitrogen and oxygen atoms in total. The fraction of sp³-hybridized carbons (Fsp3) is 0.286. The zero-order valence-electron chi connectivity index (χ0n) is 15.7. The fourth-order valence-corrected chi connectivity index (χ4v) is 3.54. The standard InChI is InChI=1S/C21H20N2O5S/c24-16(14-4-6-17-18(11-14)27-9-2-8-26-17)5-7-20(25)22-12-15-13-28-21(23-15)19-3-1-10-29-19/h1,3-4,6,10-11,13H,2,5,7-9,12H2,(H,22,25). The number of hydrogen-bond acceptors (Lipinski definition) is 7. The van der Waals surface area contributed by atoms with Crippen molar-refractivity contribution in [2.45, 2.75) is 25.8 Å². The van der Waals surface area contributed by atoms with Gasteiger partial charge in [0.05, 0.1) is 30.3 Å². The summed E-state index contributed by atoms with van der Waals surface area (Å²) in [6.07, 6.45) is 2.55. The summed E-state index contributed by atoms with van der Waals surface area (Å²) in [5.74, 6) is 1.43. The van der Waals surface area contributed by atoms with Gasteiger partial charge < -0.3 is 19.2 Å². The normalized spacial score (nSPS) is 13.0. The summed E-state index contributed by atoms with van der Waals surface area (Å²) >= 11 is 1.53. The van der Waals surface area contributed by atoms with Crippen LogP contribution in [0.4, 0.5) is 0 Å². The molecule has 4 rings (SSSR count). The Morgan fingerprint density at radius 1 is 1.10 bits per heavy atom. The summed E-state index contributed by atoms with van der Waals surface area (Å²) in [4.78, 5) is 29.8. The average Bonchev–Trinajstić information content (AvgIpc) is 3.38. The molecule has 29 heavy (non-hydrogen) atoms. The van der Waals surface area contributed by atoms with E-state index in [0.717, 1.165) is 11.3 Å². The lowest BCUT2D eigenvalue weighted by Crippen LogP contribution is -2.23. The minimum Gasteiger partial charge on any atom is -0.490 e. The monoisotopic (exact) mass is 412 g/mol. The fourth-order valence-electron chi connectivity index (χ4n) is 2.89. The van der Waals surface area contributed by atoms with Gasteiger partial charge >= 0.3 is 0 Å². The molecular formula is C21H20N2O5S. The number of carbonyl (C=O) groups excluding carboxylic acids is 2. The Morgan fingerprint density at radius 3 is 2.79 bits per heavy atom. The number of aromatic nitrogens is 1. The highest BCUT2D eigenvalue weighted by molar-refractivity contribution is 7.13. The molecule has 0 saturated carbocycles. The number of Topliss-reactive ketones (excluding diaryl/α,β-unsaturated/α-hetero) is 1. The van der Waals surface area contributed by atoms with Gasteiger partial charge in [-0.05, 0) is 29.6 Å². The van der Waals surface area contributed by atoms with Gasteiger partial charge in [0.2, 0.25) is 11.8 Å². The predicted molar refractivity (Wildman–Crippen MR) is 107 cm³/mol. The first-order chi connectivity index (χ1) is 14.2. The Morgan fingerprint density at radius 2 is 1.97 bits per heavy atom. The van der Waals surface area contributed by atoms with Gasteiger partial charge in [-0.15, -0.1) is 11.3 Å². The summed E-state index contributed by atoms with van der Waals surface area (Å²) in [6, 6.07) is 8.97. The molecule has 0 radical (unpaired) electrons. The van der Waals surface area contributed by atoms with Crippen LogP contribution in [0.15, 0.2) is 46.4 Å². The smallest absolute Gasteiger partial charge is 0.236 e. The van der Waals surface area contributed by atoms with E-state index in [1.165, 1.54) is 17.6 Å². The third-order valence-electron chi connectivity index (χ3n) is 4.40. The molecule has 3 heterocycles. The van der Waals surface area contributed by atoms with Crippen molar-refractivity contribution < 1.29 is 23.5 Å². The van der Waals surface area contributed by atoms with Crippen LogP contribution in [-0.4, -0.2) is 29.9 Å². The SMILES string of the molecule is O=C(CCC(=O)c1ccc2c(c1)OCCCO2)NCc1coc(-c2cccs2)n1. The van der Waals surface area contributed by atoms with E-state index in [4.69, 9.17) is 13.9 Å². The Labute approximate surface area is 171 Å². The Balaban J connectivity index is 1.26. The van der Waals surface area contributed by atoms with E-state index in [2.05, 4.69) is 10.3 Å². The molecule has 1 aliphatic heterocycles. The lowest BCUT2D eigenvalue weighted by atomic mass is 10.1. The lowest BCUT2D eigenvalue weighted by Gasteiger charge is -2.09. The quantitative estimate of drug-likeness (QED) is 0.593. The number of hydrogen-bond donors (Lipinski definition) is 1. The zero-order chi connectivity index (χ0) is 20.1. The second-order valence-electron chi connectivity index (χ2n) is 6.53. The molecule has 1 aliphatic rings. The van der Waals surface area contributed by atoms with E-state index in [0.29, 0.717) is 41.9 Å². The third kappa shape index (κ3) is 4.83. The maximum absolute atomic E-state index is 12.4. The molecule has 0 bridgehead atoms. The first-order valence-electron chi connectivity index (χ1n) is 9.37. The first-order valence-corrected chi connectivity index (χ1v) is 10.2. The molecule has 1 N–H and O–H groups in total. The van der Waals surface area contributed by atoms with Crippen LogP contribution in [0.2, 0.25) is 0 Å². The highest BCUT2D eigenvalue weighted by Crippen LogP contribution is 2.31. The number of thiophene rings is 1. The van der Waals surface area contributed by atoms with E-state index in [9.17, 15) is 9.59 Å². The number of benzene rings is 1. The van der Waals surface area contributed by atoms with Crippen LogP contribution in [0.1, 0.15) is 35.3 Å². The van der Waals surface area contributed by atoms with Gasteiger partial charge in [0.25, 0.3) is 0 Å². The maximum atomic E-state index is 12.4. The van der Waals surface area contributed by atoms with Gasteiger partial charge in [-0.3, -0.25) is 9.59 Å². The van der Waals surface area contributed by atoms with E-state index in [1.54, 1.807) is 18.2 Å². The van der Waals surface area contributed by atoms with Gasteiger partial charge in [-0.25, -0.2) is 4.98 Å². The number of amides is 1. The Kier molecular flexibility index (Phi) is 5.90. The zero-order valence-corrected chi connectivity index (χ0v) is 16.5. The molecule has 1 amide bonds. The van der Waals surface area contributed by atoms with Crippen molar-refractivity contribution in [3.63, 3.8) is 0 Å². The molecule has 0 spiro atoms. The van der Waals surface area contributed by atoms with Crippen molar-refractivity contribution in [3.8, 4) is 22.3 Å². The van der Waals surface area contributed by atoms with E-state index < -0.39 is 0 Å². The molecule has 3 aromatic rings. The first kappa shape index (κ1) is 19.2. The number of ketones is 1. The lowest BCUT2D eigenvalue weighted by molar-refractivity contribution is -0.121. The van der Waals surface area contributed by atoms with Crippen molar-refractivity contribution in [1.82, 2.24) is 10.3 Å². The van der Waals surface area contributed by atoms with Crippen LogP contribution in [0, 0.1) is 0 Å². The van der Waals surface area contributed by atoms with Gasteiger partial charge in [-0.2, -0.15) is 0 Å². The number of nitrogens with one attached hydrogen (secondary N) is 1. The average molecular weight is 412 g/mol. The van der Waals surface area contributed by atoms with Crippen LogP contribution >= 0.6 is 11.3 Å². The molecule has 8 heteroatoms. The van der Waals surface area contributed by atoms with Crippen molar-refractivity contribution >= 4 is 23.0 Å². The number of ether oxygens (including phenoxy) is 2. The number of carbonyl (C=O) groups is 2. The van der Waals surface area contributed by atoms with Crippen LogP contribution < -0.4 is 14.8 Å². The molecule has 0 saturated heterocycles. The van der Waals surface area contributed by atoms with Gasteiger partial charge in [-0.1, -0.05) is 6.07 Å². The van der Waals surface area contributed by atoms with E-state index in [-0.39, 0.29) is 31.1 Å². The minimum atomic E-state index is -0.214. The molecule has 0 unspecified atom stereocenters. The van der Waals surface area contributed by atoms with Crippen LogP contribution in [0.5, 0.6) is 11.5 Å². The molecular weight excluding hydrogens is 392 g/mol. The molecule has 150 valence electrons. The van der Waals surface area contributed by atoms with Crippen LogP contribution in [0.3, 0.4) is 0 Å². The van der Waals surface area contributed by atoms with Crippen LogP contribution in [0.25, 0.3) is 10.8 Å². The predicted octanol–water partition coefficient (Wildman–Crippen LogP) is 3.84. The van der Waals surface area contributed by atoms with Crippen LogP contribution in [-0.2, 0) is 11.3 Å². The largest absolute Gasteiger partial charge is 0.490 e. The summed E-state index contributed by atoms with van der Waals surface area (Å²) < 4.78 is 16.6. The Bertz CT molecular complexity index is 996. The maximum Gasteiger partial charge on any atom is 0.236 e. The minimum absolute atomic E-state index is 0.100.